The molecule has 1 heterocycles. The van der Waals surface area contributed by atoms with Crippen molar-refractivity contribution in [1.82, 2.24) is 4.98 Å². The summed E-state index contributed by atoms with van der Waals surface area (Å²) in [6.07, 6.45) is 0.390. The molecule has 3 aromatic rings. The summed E-state index contributed by atoms with van der Waals surface area (Å²) < 4.78 is 0. The molecular formula is C17H13ClN2. The van der Waals surface area contributed by atoms with Crippen molar-refractivity contribution in [2.75, 3.05) is 0 Å². The van der Waals surface area contributed by atoms with Crippen LogP contribution in [0.15, 0.2) is 42.5 Å². The molecule has 98 valence electrons. The molecule has 0 fully saturated rings. The molecule has 1 aromatic heterocycles. The van der Waals surface area contributed by atoms with Gasteiger partial charge in [-0.25, -0.2) is 0 Å². The van der Waals surface area contributed by atoms with Gasteiger partial charge in [-0.1, -0.05) is 35.4 Å². The van der Waals surface area contributed by atoms with E-state index in [1.54, 1.807) is 0 Å². The highest BCUT2D eigenvalue weighted by Gasteiger charge is 2.13. The van der Waals surface area contributed by atoms with Gasteiger partial charge in [-0.2, -0.15) is 5.26 Å². The van der Waals surface area contributed by atoms with Crippen LogP contribution in [-0.2, 0) is 6.42 Å². The van der Waals surface area contributed by atoms with Crippen molar-refractivity contribution in [1.29, 1.82) is 5.26 Å². The smallest absolute Gasteiger partial charge is 0.0670 e. The van der Waals surface area contributed by atoms with E-state index in [1.165, 1.54) is 5.56 Å². The minimum absolute atomic E-state index is 0.390. The van der Waals surface area contributed by atoms with Crippen LogP contribution in [0.2, 0.25) is 5.02 Å². The molecule has 20 heavy (non-hydrogen) atoms. The minimum Gasteiger partial charge on any atom is -0.354 e. The highest BCUT2D eigenvalue weighted by atomic mass is 35.5. The van der Waals surface area contributed by atoms with Gasteiger partial charge in [0, 0.05) is 15.9 Å². The Morgan fingerprint density at radius 1 is 1.15 bits per heavy atom. The summed E-state index contributed by atoms with van der Waals surface area (Å²) in [4.78, 5) is 3.42. The molecule has 0 spiro atoms. The Bertz CT molecular complexity index is 807. The Morgan fingerprint density at radius 3 is 2.60 bits per heavy atom. The molecule has 2 nitrogen and oxygen atoms in total. The maximum atomic E-state index is 9.10. The van der Waals surface area contributed by atoms with Crippen molar-refractivity contribution in [3.8, 4) is 17.3 Å². The Kier molecular flexibility index (Phi) is 3.22. The number of rotatable bonds is 2. The number of hydrogen-bond donors (Lipinski definition) is 1. The first kappa shape index (κ1) is 12.8. The van der Waals surface area contributed by atoms with E-state index in [1.807, 2.05) is 24.3 Å². The van der Waals surface area contributed by atoms with Gasteiger partial charge in [0.2, 0.25) is 0 Å². The number of aryl methyl sites for hydroxylation is 1. The number of halogens is 1. The number of H-pyrrole nitrogens is 1. The monoisotopic (exact) mass is 280 g/mol. The van der Waals surface area contributed by atoms with E-state index in [4.69, 9.17) is 16.9 Å². The Balaban J connectivity index is 2.26. The fraction of sp³-hybridized carbons (Fsp3) is 0.118. The van der Waals surface area contributed by atoms with Gasteiger partial charge in [0.1, 0.15) is 0 Å². The topological polar surface area (TPSA) is 39.6 Å². The van der Waals surface area contributed by atoms with Crippen molar-refractivity contribution < 1.29 is 0 Å². The van der Waals surface area contributed by atoms with E-state index in [0.29, 0.717) is 11.4 Å². The second kappa shape index (κ2) is 5.03. The molecule has 0 aliphatic carbocycles. The number of aromatic nitrogens is 1. The molecule has 0 radical (unpaired) electrons. The maximum absolute atomic E-state index is 9.10. The molecule has 0 amide bonds. The fourth-order valence-corrected chi connectivity index (χ4v) is 2.61. The Labute approximate surface area is 122 Å². The predicted molar refractivity (Wildman–Crippen MR) is 82.8 cm³/mol. The standard InChI is InChI=1S/C17H13ClN2/c1-11-2-7-16-15(10-11)14(8-9-19)17(20-16)12-3-5-13(18)6-4-12/h2-7,10,20H,8H2,1H3. The van der Waals surface area contributed by atoms with Crippen LogP contribution in [0.5, 0.6) is 0 Å². The normalized spacial score (nSPS) is 10.7. The van der Waals surface area contributed by atoms with Crippen LogP contribution in [-0.4, -0.2) is 4.98 Å². The first-order chi connectivity index (χ1) is 9.69. The van der Waals surface area contributed by atoms with Crippen LogP contribution in [0.3, 0.4) is 0 Å². The second-order valence-corrected chi connectivity index (χ2v) is 5.31. The van der Waals surface area contributed by atoms with E-state index in [0.717, 1.165) is 27.7 Å². The summed E-state index contributed by atoms with van der Waals surface area (Å²) >= 11 is 5.94. The third kappa shape index (κ3) is 2.17. The van der Waals surface area contributed by atoms with E-state index in [-0.39, 0.29) is 0 Å². The fourth-order valence-electron chi connectivity index (χ4n) is 2.49. The molecule has 0 aliphatic rings. The zero-order chi connectivity index (χ0) is 14.1. The van der Waals surface area contributed by atoms with Crippen molar-refractivity contribution in [3.63, 3.8) is 0 Å². The largest absolute Gasteiger partial charge is 0.354 e. The molecule has 0 saturated heterocycles. The van der Waals surface area contributed by atoms with Crippen LogP contribution >= 0.6 is 11.6 Å². The van der Waals surface area contributed by atoms with Gasteiger partial charge in [-0.15, -0.1) is 0 Å². The van der Waals surface area contributed by atoms with Crippen molar-refractivity contribution in [2.24, 2.45) is 0 Å². The molecule has 3 rings (SSSR count). The van der Waals surface area contributed by atoms with Gasteiger partial charge < -0.3 is 4.98 Å². The average Bonchev–Trinajstić information content (AvgIpc) is 2.79. The van der Waals surface area contributed by atoms with E-state index in [9.17, 15) is 0 Å². The molecule has 1 N–H and O–H groups in total. The highest BCUT2D eigenvalue weighted by Crippen LogP contribution is 2.31. The SMILES string of the molecule is Cc1ccc2[nH]c(-c3ccc(Cl)cc3)c(CC#N)c2c1. The number of nitrogens with one attached hydrogen (secondary N) is 1. The molecule has 3 heteroatoms. The van der Waals surface area contributed by atoms with Crippen molar-refractivity contribution >= 4 is 22.5 Å². The number of aromatic amines is 1. The molecule has 0 saturated carbocycles. The van der Waals surface area contributed by atoms with Crippen molar-refractivity contribution in [2.45, 2.75) is 13.3 Å². The minimum atomic E-state index is 0.390. The summed E-state index contributed by atoms with van der Waals surface area (Å²) in [7, 11) is 0. The lowest BCUT2D eigenvalue weighted by Crippen LogP contribution is -1.85. The highest BCUT2D eigenvalue weighted by molar-refractivity contribution is 6.30. The summed E-state index contributed by atoms with van der Waals surface area (Å²) in [5.41, 5.74) is 5.36. The molecule has 0 atom stereocenters. The maximum Gasteiger partial charge on any atom is 0.0670 e. The summed E-state index contributed by atoms with van der Waals surface area (Å²) in [5, 5.41) is 10.9. The molecular weight excluding hydrogens is 268 g/mol. The lowest BCUT2D eigenvalue weighted by atomic mass is 10.0. The number of benzene rings is 2. The first-order valence-corrected chi connectivity index (χ1v) is 6.81. The average molecular weight is 281 g/mol. The first-order valence-electron chi connectivity index (χ1n) is 6.43. The van der Waals surface area contributed by atoms with E-state index in [2.05, 4.69) is 36.2 Å². The van der Waals surface area contributed by atoms with Gasteiger partial charge in [-0.05, 0) is 42.3 Å². The van der Waals surface area contributed by atoms with Gasteiger partial charge in [0.05, 0.1) is 18.2 Å². The Morgan fingerprint density at radius 2 is 1.90 bits per heavy atom. The third-order valence-electron chi connectivity index (χ3n) is 3.45. The van der Waals surface area contributed by atoms with Crippen LogP contribution in [0, 0.1) is 18.3 Å². The second-order valence-electron chi connectivity index (χ2n) is 4.87. The van der Waals surface area contributed by atoms with Gasteiger partial charge in [0.15, 0.2) is 0 Å². The lowest BCUT2D eigenvalue weighted by molar-refractivity contribution is 1.27. The predicted octanol–water partition coefficient (Wildman–Crippen LogP) is 4.86. The van der Waals surface area contributed by atoms with Crippen molar-refractivity contribution in [3.05, 3.63) is 58.6 Å². The number of hydrogen-bond acceptors (Lipinski definition) is 1. The summed E-state index contributed by atoms with van der Waals surface area (Å²) in [5.74, 6) is 0. The molecule has 0 aliphatic heterocycles. The number of nitriles is 1. The zero-order valence-corrected chi connectivity index (χ0v) is 11.8. The van der Waals surface area contributed by atoms with E-state index < -0.39 is 0 Å². The molecule has 0 bridgehead atoms. The van der Waals surface area contributed by atoms with Gasteiger partial charge in [-0.3, -0.25) is 0 Å². The lowest BCUT2D eigenvalue weighted by Gasteiger charge is -2.02. The molecule has 0 unspecified atom stereocenters. The third-order valence-corrected chi connectivity index (χ3v) is 3.70. The Hall–Kier alpha value is -2.24. The number of fused-ring (bicyclic) bond motifs is 1. The van der Waals surface area contributed by atoms with Crippen LogP contribution in [0.4, 0.5) is 0 Å². The van der Waals surface area contributed by atoms with Crippen LogP contribution in [0.25, 0.3) is 22.2 Å². The van der Waals surface area contributed by atoms with E-state index >= 15 is 0 Å². The quantitative estimate of drug-likeness (QED) is 0.715. The van der Waals surface area contributed by atoms with Crippen LogP contribution in [0.1, 0.15) is 11.1 Å². The number of nitrogens with zero attached hydrogens (tertiary/aromatic N) is 1. The molecule has 2 aromatic carbocycles. The summed E-state index contributed by atoms with van der Waals surface area (Å²) in [6.45, 7) is 2.06. The van der Waals surface area contributed by atoms with Gasteiger partial charge >= 0.3 is 0 Å². The summed E-state index contributed by atoms with van der Waals surface area (Å²) in [6, 6.07) is 16.2. The van der Waals surface area contributed by atoms with Crippen LogP contribution < -0.4 is 0 Å². The zero-order valence-electron chi connectivity index (χ0n) is 11.1. The van der Waals surface area contributed by atoms with Gasteiger partial charge in [0.25, 0.3) is 0 Å².